The van der Waals surface area contributed by atoms with Crippen molar-refractivity contribution in [3.63, 3.8) is 0 Å². The Bertz CT molecular complexity index is 530. The Hall–Kier alpha value is -0.780. The van der Waals surface area contributed by atoms with Crippen LogP contribution in [0.5, 0.6) is 0 Å². The highest BCUT2D eigenvalue weighted by atomic mass is 32.2. The average molecular weight is 342 g/mol. The zero-order chi connectivity index (χ0) is 16.4. The van der Waals surface area contributed by atoms with E-state index in [1.165, 1.54) is 25.7 Å². The third-order valence-corrected chi connectivity index (χ3v) is 7.36. The summed E-state index contributed by atoms with van der Waals surface area (Å²) in [5, 5.41) is 3.50. The van der Waals surface area contributed by atoms with E-state index < -0.39 is 9.84 Å². The molecule has 5 nitrogen and oxygen atoms in total. The van der Waals surface area contributed by atoms with Crippen LogP contribution in [0.3, 0.4) is 0 Å². The van der Waals surface area contributed by atoms with Gasteiger partial charge in [-0.1, -0.05) is 12.8 Å². The fourth-order valence-electron chi connectivity index (χ4n) is 4.31. The molecule has 2 saturated heterocycles. The van der Waals surface area contributed by atoms with E-state index in [4.69, 9.17) is 4.99 Å². The SMILES string of the molecule is CC(C)NC(=NCC1CCS(=O)(=O)C1)N1CC2CCCCC2C1. The van der Waals surface area contributed by atoms with Gasteiger partial charge in [-0.15, -0.1) is 0 Å². The number of likely N-dealkylation sites (tertiary alicyclic amines) is 1. The molecule has 0 amide bonds. The lowest BCUT2D eigenvalue weighted by Crippen LogP contribution is -2.43. The molecule has 6 heteroatoms. The molecule has 2 aliphatic heterocycles. The molecule has 2 heterocycles. The van der Waals surface area contributed by atoms with Crippen LogP contribution in [0.4, 0.5) is 0 Å². The fourth-order valence-corrected chi connectivity index (χ4v) is 6.15. The molecule has 1 aliphatic carbocycles. The summed E-state index contributed by atoms with van der Waals surface area (Å²) in [5.74, 6) is 3.52. The van der Waals surface area contributed by atoms with Gasteiger partial charge in [-0.3, -0.25) is 4.99 Å². The second-order valence-electron chi connectivity index (χ2n) is 7.94. The maximum atomic E-state index is 11.6. The summed E-state index contributed by atoms with van der Waals surface area (Å²) < 4.78 is 23.2. The van der Waals surface area contributed by atoms with E-state index in [-0.39, 0.29) is 5.92 Å². The third kappa shape index (κ3) is 4.40. The van der Waals surface area contributed by atoms with Crippen LogP contribution in [0.15, 0.2) is 4.99 Å². The monoisotopic (exact) mass is 341 g/mol. The number of guanidine groups is 1. The number of nitrogens with zero attached hydrogens (tertiary/aromatic N) is 2. The first-order valence-corrected chi connectivity index (χ1v) is 11.0. The minimum Gasteiger partial charge on any atom is -0.354 e. The van der Waals surface area contributed by atoms with Crippen molar-refractivity contribution in [1.82, 2.24) is 10.2 Å². The van der Waals surface area contributed by atoms with Gasteiger partial charge in [0.2, 0.25) is 0 Å². The predicted octanol–water partition coefficient (Wildman–Crippen LogP) is 1.90. The summed E-state index contributed by atoms with van der Waals surface area (Å²) in [6, 6.07) is 0.351. The number of aliphatic imine (C=N–C) groups is 1. The van der Waals surface area contributed by atoms with Crippen LogP contribution in [-0.4, -0.2) is 56.5 Å². The number of nitrogens with one attached hydrogen (secondary N) is 1. The molecule has 132 valence electrons. The van der Waals surface area contributed by atoms with Gasteiger partial charge in [0.25, 0.3) is 0 Å². The van der Waals surface area contributed by atoms with Crippen LogP contribution >= 0.6 is 0 Å². The highest BCUT2D eigenvalue weighted by molar-refractivity contribution is 7.91. The first-order chi connectivity index (χ1) is 10.9. The van der Waals surface area contributed by atoms with E-state index in [0.29, 0.717) is 24.1 Å². The van der Waals surface area contributed by atoms with Crippen molar-refractivity contribution in [2.75, 3.05) is 31.1 Å². The van der Waals surface area contributed by atoms with Gasteiger partial charge < -0.3 is 10.2 Å². The van der Waals surface area contributed by atoms with Crippen molar-refractivity contribution in [2.24, 2.45) is 22.7 Å². The minimum absolute atomic E-state index is 0.203. The lowest BCUT2D eigenvalue weighted by molar-refractivity contribution is 0.299. The fraction of sp³-hybridized carbons (Fsp3) is 0.941. The molecule has 0 aromatic rings. The Morgan fingerprint density at radius 2 is 1.83 bits per heavy atom. The third-order valence-electron chi connectivity index (χ3n) is 5.52. The number of hydrogen-bond donors (Lipinski definition) is 1. The van der Waals surface area contributed by atoms with Crippen LogP contribution in [0, 0.1) is 17.8 Å². The summed E-state index contributed by atoms with van der Waals surface area (Å²) in [6.45, 7) is 7.15. The Labute approximate surface area is 140 Å². The van der Waals surface area contributed by atoms with Crippen LogP contribution < -0.4 is 5.32 Å². The van der Waals surface area contributed by atoms with E-state index in [1.807, 2.05) is 0 Å². The Morgan fingerprint density at radius 3 is 2.35 bits per heavy atom. The summed E-state index contributed by atoms with van der Waals surface area (Å²) in [6.07, 6.45) is 6.23. The highest BCUT2D eigenvalue weighted by Gasteiger charge is 2.36. The quantitative estimate of drug-likeness (QED) is 0.629. The molecule has 0 spiro atoms. The number of sulfone groups is 1. The van der Waals surface area contributed by atoms with E-state index in [0.717, 1.165) is 37.3 Å². The summed E-state index contributed by atoms with van der Waals surface area (Å²) in [7, 11) is -2.81. The molecule has 3 rings (SSSR count). The molecule has 0 aromatic heterocycles. The number of fused-ring (bicyclic) bond motifs is 1. The molecule has 3 fully saturated rings. The summed E-state index contributed by atoms with van der Waals surface area (Å²) in [4.78, 5) is 7.24. The Morgan fingerprint density at radius 1 is 1.17 bits per heavy atom. The molecule has 3 atom stereocenters. The summed E-state index contributed by atoms with van der Waals surface area (Å²) >= 11 is 0. The highest BCUT2D eigenvalue weighted by Crippen LogP contribution is 2.36. The van der Waals surface area contributed by atoms with Crippen molar-refractivity contribution in [3.05, 3.63) is 0 Å². The number of hydrogen-bond acceptors (Lipinski definition) is 3. The summed E-state index contributed by atoms with van der Waals surface area (Å²) in [5.41, 5.74) is 0. The molecular formula is C17H31N3O2S. The van der Waals surface area contributed by atoms with E-state index >= 15 is 0 Å². The van der Waals surface area contributed by atoms with Crippen LogP contribution in [-0.2, 0) is 9.84 Å². The van der Waals surface area contributed by atoms with Gasteiger partial charge in [0.05, 0.1) is 11.5 Å². The van der Waals surface area contributed by atoms with Crippen molar-refractivity contribution >= 4 is 15.8 Å². The second-order valence-corrected chi connectivity index (χ2v) is 10.2. The zero-order valence-corrected chi connectivity index (χ0v) is 15.3. The molecule has 3 unspecified atom stereocenters. The molecule has 3 aliphatic rings. The largest absolute Gasteiger partial charge is 0.354 e. The Balaban J connectivity index is 1.64. The van der Waals surface area contributed by atoms with Crippen molar-refractivity contribution in [3.8, 4) is 0 Å². The topological polar surface area (TPSA) is 61.8 Å². The maximum absolute atomic E-state index is 11.6. The average Bonchev–Trinajstić information content (AvgIpc) is 3.06. The molecule has 23 heavy (non-hydrogen) atoms. The number of rotatable bonds is 3. The van der Waals surface area contributed by atoms with Gasteiger partial charge in [0.1, 0.15) is 0 Å². The standard InChI is InChI=1S/C17H31N3O2S/c1-13(2)19-17(18-9-14-7-8-23(21,22)12-14)20-10-15-5-3-4-6-16(15)11-20/h13-16H,3-12H2,1-2H3,(H,18,19). The van der Waals surface area contributed by atoms with Crippen LogP contribution in [0.1, 0.15) is 46.0 Å². The molecule has 1 N–H and O–H groups in total. The predicted molar refractivity (Wildman–Crippen MR) is 94.4 cm³/mol. The molecule has 0 aromatic carbocycles. The van der Waals surface area contributed by atoms with E-state index in [1.54, 1.807) is 0 Å². The first kappa shape index (κ1) is 17.1. The van der Waals surface area contributed by atoms with Crippen LogP contribution in [0.2, 0.25) is 0 Å². The van der Waals surface area contributed by atoms with Crippen LogP contribution in [0.25, 0.3) is 0 Å². The molecule has 0 bridgehead atoms. The van der Waals surface area contributed by atoms with E-state index in [2.05, 4.69) is 24.1 Å². The van der Waals surface area contributed by atoms with Crippen molar-refractivity contribution in [1.29, 1.82) is 0 Å². The molecule has 1 saturated carbocycles. The van der Waals surface area contributed by atoms with Crippen molar-refractivity contribution in [2.45, 2.75) is 52.0 Å². The minimum atomic E-state index is -2.81. The van der Waals surface area contributed by atoms with Crippen molar-refractivity contribution < 1.29 is 8.42 Å². The van der Waals surface area contributed by atoms with Gasteiger partial charge in [0, 0.05) is 25.7 Å². The second kappa shape index (κ2) is 6.99. The lowest BCUT2D eigenvalue weighted by Gasteiger charge is -2.24. The van der Waals surface area contributed by atoms with Gasteiger partial charge in [-0.2, -0.15) is 0 Å². The smallest absolute Gasteiger partial charge is 0.194 e. The maximum Gasteiger partial charge on any atom is 0.194 e. The Kier molecular flexibility index (Phi) is 5.19. The normalized spacial score (nSPS) is 34.0. The first-order valence-electron chi connectivity index (χ1n) is 9.19. The zero-order valence-electron chi connectivity index (χ0n) is 14.5. The van der Waals surface area contributed by atoms with Gasteiger partial charge in [-0.05, 0) is 50.9 Å². The van der Waals surface area contributed by atoms with Gasteiger partial charge in [0.15, 0.2) is 15.8 Å². The van der Waals surface area contributed by atoms with E-state index in [9.17, 15) is 8.42 Å². The molecular weight excluding hydrogens is 310 g/mol. The molecule has 0 radical (unpaired) electrons. The van der Waals surface area contributed by atoms with Gasteiger partial charge in [-0.25, -0.2) is 8.42 Å². The van der Waals surface area contributed by atoms with Gasteiger partial charge >= 0.3 is 0 Å². The lowest BCUT2D eigenvalue weighted by atomic mass is 9.82.